The number of carbonyl (C=O) groups is 1. The minimum absolute atomic E-state index is 0. The highest BCUT2D eigenvalue weighted by Gasteiger charge is 2.06. The zero-order valence-electron chi connectivity index (χ0n) is 9.01. The minimum atomic E-state index is -0.537. The van der Waals surface area contributed by atoms with Crippen molar-refractivity contribution in [3.8, 4) is 0 Å². The van der Waals surface area contributed by atoms with Crippen LogP contribution in [-0.2, 0) is 13.1 Å². The van der Waals surface area contributed by atoms with Gasteiger partial charge in [0, 0.05) is 11.4 Å². The normalized spacial score (nSPS) is 9.88. The molecule has 0 aliphatic rings. The van der Waals surface area contributed by atoms with Gasteiger partial charge in [-0.15, -0.1) is 23.7 Å². The molecular formula is C11H13ClN2O2S. The highest BCUT2D eigenvalue weighted by molar-refractivity contribution is 7.09. The Kier molecular flexibility index (Phi) is 5.21. The lowest BCUT2D eigenvalue weighted by Gasteiger charge is -1.99. The van der Waals surface area contributed by atoms with Crippen LogP contribution in [0.15, 0.2) is 34.1 Å². The summed E-state index contributed by atoms with van der Waals surface area (Å²) in [6.45, 7) is 1.38. The predicted octanol–water partition coefficient (Wildman–Crippen LogP) is 2.15. The summed E-state index contributed by atoms with van der Waals surface area (Å²) in [7, 11) is 0. The van der Waals surface area contributed by atoms with Gasteiger partial charge in [-0.05, 0) is 23.6 Å². The number of nitrogens with one attached hydrogen (secondary N) is 1. The highest BCUT2D eigenvalue weighted by Crippen LogP contribution is 2.09. The van der Waals surface area contributed by atoms with E-state index in [1.54, 1.807) is 23.5 Å². The van der Waals surface area contributed by atoms with Gasteiger partial charge in [0.2, 0.25) is 0 Å². The topological polar surface area (TPSA) is 68.3 Å². The Morgan fingerprint density at radius 2 is 2.18 bits per heavy atom. The maximum Gasteiger partial charge on any atom is 0.284 e. The van der Waals surface area contributed by atoms with E-state index in [2.05, 4.69) is 11.4 Å². The Morgan fingerprint density at radius 1 is 1.35 bits per heavy atom. The standard InChI is InChI=1S/C11H12N2O2S.ClH/c12-11(14)10-4-3-8(15-10)6-13-7-9-2-1-5-16-9;/h1-5,13H,6-7H2,(H2,12,14);1H. The van der Waals surface area contributed by atoms with E-state index >= 15 is 0 Å². The summed E-state index contributed by atoms with van der Waals surface area (Å²) >= 11 is 1.70. The molecule has 2 aromatic rings. The van der Waals surface area contributed by atoms with E-state index in [4.69, 9.17) is 10.2 Å². The maximum absolute atomic E-state index is 10.8. The number of halogens is 1. The summed E-state index contributed by atoms with van der Waals surface area (Å²) in [4.78, 5) is 12.0. The molecule has 0 bridgehead atoms. The number of primary amides is 1. The molecule has 0 fully saturated rings. The van der Waals surface area contributed by atoms with Gasteiger partial charge in [0.1, 0.15) is 5.76 Å². The zero-order chi connectivity index (χ0) is 11.4. The van der Waals surface area contributed by atoms with Crippen molar-refractivity contribution in [1.29, 1.82) is 0 Å². The van der Waals surface area contributed by atoms with Crippen LogP contribution in [0.1, 0.15) is 21.2 Å². The molecule has 0 aromatic carbocycles. The van der Waals surface area contributed by atoms with Crippen LogP contribution in [0.3, 0.4) is 0 Å². The summed E-state index contributed by atoms with van der Waals surface area (Å²) in [5.74, 6) is 0.378. The van der Waals surface area contributed by atoms with Crippen LogP contribution in [0.5, 0.6) is 0 Å². The second-order valence-corrected chi connectivity index (χ2v) is 4.35. The van der Waals surface area contributed by atoms with E-state index < -0.39 is 5.91 Å². The number of amides is 1. The van der Waals surface area contributed by atoms with Crippen molar-refractivity contribution < 1.29 is 9.21 Å². The number of carbonyl (C=O) groups excluding carboxylic acids is 1. The number of furan rings is 1. The lowest BCUT2D eigenvalue weighted by molar-refractivity contribution is 0.0972. The fourth-order valence-electron chi connectivity index (χ4n) is 1.33. The van der Waals surface area contributed by atoms with Crippen LogP contribution in [0.25, 0.3) is 0 Å². The molecule has 0 saturated carbocycles. The smallest absolute Gasteiger partial charge is 0.284 e. The van der Waals surface area contributed by atoms with Gasteiger partial charge >= 0.3 is 0 Å². The molecule has 0 spiro atoms. The average Bonchev–Trinajstić information content (AvgIpc) is 2.87. The molecule has 2 aromatic heterocycles. The number of rotatable bonds is 5. The summed E-state index contributed by atoms with van der Waals surface area (Å²) in [5, 5.41) is 5.26. The van der Waals surface area contributed by atoms with Crippen molar-refractivity contribution in [2.24, 2.45) is 5.73 Å². The summed E-state index contributed by atoms with van der Waals surface area (Å²) in [6.07, 6.45) is 0. The van der Waals surface area contributed by atoms with Gasteiger partial charge in [0.25, 0.3) is 5.91 Å². The Hall–Kier alpha value is -1.30. The molecule has 0 radical (unpaired) electrons. The molecule has 0 unspecified atom stereocenters. The fourth-order valence-corrected chi connectivity index (χ4v) is 2.00. The monoisotopic (exact) mass is 272 g/mol. The molecule has 0 aliphatic heterocycles. The molecule has 1 amide bonds. The van der Waals surface area contributed by atoms with Crippen LogP contribution in [0.2, 0.25) is 0 Å². The first kappa shape index (κ1) is 13.8. The van der Waals surface area contributed by atoms with Crippen molar-refractivity contribution in [1.82, 2.24) is 5.32 Å². The van der Waals surface area contributed by atoms with Gasteiger partial charge in [-0.25, -0.2) is 0 Å². The molecule has 4 nitrogen and oxygen atoms in total. The van der Waals surface area contributed by atoms with Crippen molar-refractivity contribution in [2.45, 2.75) is 13.1 Å². The summed E-state index contributed by atoms with van der Waals surface area (Å²) < 4.78 is 5.23. The SMILES string of the molecule is Cl.NC(=O)c1ccc(CNCc2cccs2)o1. The Bertz CT molecular complexity index is 468. The Morgan fingerprint density at radius 3 is 2.76 bits per heavy atom. The van der Waals surface area contributed by atoms with Gasteiger partial charge in [-0.3, -0.25) is 4.79 Å². The first-order valence-corrected chi connectivity index (χ1v) is 5.75. The van der Waals surface area contributed by atoms with E-state index in [0.29, 0.717) is 12.3 Å². The van der Waals surface area contributed by atoms with E-state index in [1.807, 2.05) is 11.4 Å². The van der Waals surface area contributed by atoms with Crippen molar-refractivity contribution in [2.75, 3.05) is 0 Å². The number of nitrogens with two attached hydrogens (primary N) is 1. The average molecular weight is 273 g/mol. The van der Waals surface area contributed by atoms with Crippen LogP contribution >= 0.6 is 23.7 Å². The van der Waals surface area contributed by atoms with E-state index in [-0.39, 0.29) is 18.2 Å². The Balaban J connectivity index is 0.00000144. The van der Waals surface area contributed by atoms with Gasteiger partial charge in [-0.2, -0.15) is 0 Å². The van der Waals surface area contributed by atoms with Crippen LogP contribution in [-0.4, -0.2) is 5.91 Å². The van der Waals surface area contributed by atoms with Crippen LogP contribution < -0.4 is 11.1 Å². The third-order valence-corrected chi connectivity index (χ3v) is 2.96. The van der Waals surface area contributed by atoms with Crippen molar-refractivity contribution in [3.05, 3.63) is 46.0 Å². The third kappa shape index (κ3) is 3.89. The second-order valence-electron chi connectivity index (χ2n) is 3.31. The lowest BCUT2D eigenvalue weighted by Crippen LogP contribution is -2.11. The molecule has 0 atom stereocenters. The molecule has 2 heterocycles. The third-order valence-electron chi connectivity index (χ3n) is 2.08. The van der Waals surface area contributed by atoms with Crippen molar-refractivity contribution in [3.63, 3.8) is 0 Å². The molecular weight excluding hydrogens is 260 g/mol. The number of thiophene rings is 1. The highest BCUT2D eigenvalue weighted by atomic mass is 35.5. The second kappa shape index (κ2) is 6.44. The van der Waals surface area contributed by atoms with E-state index in [0.717, 1.165) is 6.54 Å². The minimum Gasteiger partial charge on any atom is -0.455 e. The first-order chi connectivity index (χ1) is 7.75. The summed E-state index contributed by atoms with van der Waals surface area (Å²) in [6, 6.07) is 7.42. The molecule has 92 valence electrons. The van der Waals surface area contributed by atoms with Gasteiger partial charge in [0.15, 0.2) is 5.76 Å². The molecule has 17 heavy (non-hydrogen) atoms. The van der Waals surface area contributed by atoms with E-state index in [1.165, 1.54) is 4.88 Å². The molecule has 0 saturated heterocycles. The number of hydrogen-bond donors (Lipinski definition) is 2. The zero-order valence-corrected chi connectivity index (χ0v) is 10.6. The number of hydrogen-bond acceptors (Lipinski definition) is 4. The summed E-state index contributed by atoms with van der Waals surface area (Å²) in [5.41, 5.74) is 5.08. The first-order valence-electron chi connectivity index (χ1n) is 4.87. The van der Waals surface area contributed by atoms with E-state index in [9.17, 15) is 4.79 Å². The molecule has 6 heteroatoms. The lowest BCUT2D eigenvalue weighted by atomic mass is 10.4. The maximum atomic E-state index is 10.8. The Labute approximate surface area is 109 Å². The fraction of sp³-hybridized carbons (Fsp3) is 0.182. The predicted molar refractivity (Wildman–Crippen MR) is 69.3 cm³/mol. The van der Waals surface area contributed by atoms with Gasteiger partial charge in [0.05, 0.1) is 6.54 Å². The van der Waals surface area contributed by atoms with Gasteiger partial charge in [-0.1, -0.05) is 6.07 Å². The van der Waals surface area contributed by atoms with Crippen LogP contribution in [0, 0.1) is 0 Å². The molecule has 3 N–H and O–H groups in total. The quantitative estimate of drug-likeness (QED) is 0.876. The van der Waals surface area contributed by atoms with Crippen molar-refractivity contribution >= 4 is 29.7 Å². The molecule has 2 rings (SSSR count). The van der Waals surface area contributed by atoms with Gasteiger partial charge < -0.3 is 15.5 Å². The molecule has 0 aliphatic carbocycles. The largest absolute Gasteiger partial charge is 0.455 e. The van der Waals surface area contributed by atoms with Crippen LogP contribution in [0.4, 0.5) is 0 Å².